The zero-order valence-corrected chi connectivity index (χ0v) is 13.1. The van der Waals surface area contributed by atoms with Gasteiger partial charge in [0.2, 0.25) is 5.91 Å². The highest BCUT2D eigenvalue weighted by atomic mass is 32.1. The summed E-state index contributed by atoms with van der Waals surface area (Å²) in [5.74, 6) is 0.934. The van der Waals surface area contributed by atoms with Gasteiger partial charge in [-0.05, 0) is 42.0 Å². The summed E-state index contributed by atoms with van der Waals surface area (Å²) in [6.45, 7) is 7.47. The molecule has 1 heterocycles. The lowest BCUT2D eigenvalue weighted by Crippen LogP contribution is -2.45. The Morgan fingerprint density at radius 1 is 1.53 bits per heavy atom. The third kappa shape index (κ3) is 3.59. The molecular weight excluding hydrogens is 254 g/mol. The number of amides is 1. The molecule has 2 nitrogen and oxygen atoms in total. The van der Waals surface area contributed by atoms with Crippen molar-refractivity contribution in [2.45, 2.75) is 46.5 Å². The van der Waals surface area contributed by atoms with Crippen LogP contribution >= 0.6 is 11.3 Å². The molecule has 3 heteroatoms. The second-order valence-electron chi connectivity index (χ2n) is 6.46. The van der Waals surface area contributed by atoms with Gasteiger partial charge in [0.15, 0.2) is 0 Å². The summed E-state index contributed by atoms with van der Waals surface area (Å²) in [5, 5.41) is 5.23. The summed E-state index contributed by atoms with van der Waals surface area (Å²) >= 11 is 1.76. The van der Waals surface area contributed by atoms with E-state index < -0.39 is 0 Å². The summed E-state index contributed by atoms with van der Waals surface area (Å²) in [6.07, 6.45) is 4.56. The van der Waals surface area contributed by atoms with Crippen LogP contribution in [0.1, 0.15) is 44.9 Å². The molecule has 1 aliphatic carbocycles. The normalized spacial score (nSPS) is 26.1. The smallest absolute Gasteiger partial charge is 0.223 e. The molecule has 1 fully saturated rings. The van der Waals surface area contributed by atoms with Crippen LogP contribution in [0.4, 0.5) is 0 Å². The van der Waals surface area contributed by atoms with Gasteiger partial charge in [0.1, 0.15) is 0 Å². The molecule has 0 aromatic carbocycles. The lowest BCUT2D eigenvalue weighted by molar-refractivity contribution is -0.132. The second-order valence-corrected chi connectivity index (χ2v) is 7.49. The van der Waals surface area contributed by atoms with E-state index in [-0.39, 0.29) is 17.2 Å². The molecular formula is C16H25NOS. The SMILES string of the molecule is C[C@H]1CCCC(C)(C)[C@@H]1C(=O)NCCc1cccs1. The molecule has 106 valence electrons. The first-order chi connectivity index (χ1) is 9.00. The molecule has 19 heavy (non-hydrogen) atoms. The van der Waals surface area contributed by atoms with E-state index in [1.165, 1.54) is 24.1 Å². The minimum Gasteiger partial charge on any atom is -0.355 e. The Morgan fingerprint density at radius 2 is 2.32 bits per heavy atom. The molecule has 1 saturated carbocycles. The van der Waals surface area contributed by atoms with Gasteiger partial charge in [-0.25, -0.2) is 0 Å². The summed E-state index contributed by atoms with van der Waals surface area (Å²) < 4.78 is 0. The highest BCUT2D eigenvalue weighted by Crippen LogP contribution is 2.43. The molecule has 1 N–H and O–H groups in total. The van der Waals surface area contributed by atoms with Gasteiger partial charge in [-0.15, -0.1) is 11.3 Å². The van der Waals surface area contributed by atoms with Crippen LogP contribution in [-0.2, 0) is 11.2 Å². The van der Waals surface area contributed by atoms with E-state index in [2.05, 4.69) is 43.6 Å². The zero-order chi connectivity index (χ0) is 13.9. The predicted octanol–water partition coefficient (Wildman–Crippen LogP) is 3.87. The van der Waals surface area contributed by atoms with Gasteiger partial charge in [-0.3, -0.25) is 4.79 Å². The van der Waals surface area contributed by atoms with Crippen molar-refractivity contribution in [2.75, 3.05) is 6.54 Å². The van der Waals surface area contributed by atoms with E-state index in [1.54, 1.807) is 11.3 Å². The second kappa shape index (κ2) is 6.08. The van der Waals surface area contributed by atoms with Crippen molar-refractivity contribution < 1.29 is 4.79 Å². The van der Waals surface area contributed by atoms with Gasteiger partial charge >= 0.3 is 0 Å². The van der Waals surface area contributed by atoms with E-state index in [9.17, 15) is 4.79 Å². The molecule has 1 amide bonds. The minimum atomic E-state index is 0.144. The first kappa shape index (κ1) is 14.6. The Morgan fingerprint density at radius 3 is 2.95 bits per heavy atom. The van der Waals surface area contributed by atoms with Gasteiger partial charge in [0, 0.05) is 17.3 Å². The maximum absolute atomic E-state index is 12.4. The molecule has 1 aromatic heterocycles. The van der Waals surface area contributed by atoms with Crippen molar-refractivity contribution in [3.8, 4) is 0 Å². The average Bonchev–Trinajstić information content (AvgIpc) is 2.80. The topological polar surface area (TPSA) is 29.1 Å². The molecule has 0 aliphatic heterocycles. The predicted molar refractivity (Wildman–Crippen MR) is 81.3 cm³/mol. The van der Waals surface area contributed by atoms with Crippen molar-refractivity contribution in [3.05, 3.63) is 22.4 Å². The number of hydrogen-bond donors (Lipinski definition) is 1. The van der Waals surface area contributed by atoms with E-state index in [1.807, 2.05) is 0 Å². The first-order valence-corrected chi connectivity index (χ1v) is 8.19. The highest BCUT2D eigenvalue weighted by Gasteiger charge is 2.41. The average molecular weight is 279 g/mol. The van der Waals surface area contributed by atoms with E-state index in [4.69, 9.17) is 0 Å². The quantitative estimate of drug-likeness (QED) is 0.890. The number of carbonyl (C=O) groups is 1. The van der Waals surface area contributed by atoms with Gasteiger partial charge in [-0.1, -0.05) is 33.3 Å². The van der Waals surface area contributed by atoms with Crippen LogP contribution in [0, 0.1) is 17.3 Å². The molecule has 0 saturated heterocycles. The summed E-state index contributed by atoms with van der Waals surface area (Å²) in [5.41, 5.74) is 0.144. The molecule has 1 aliphatic rings. The number of hydrogen-bond acceptors (Lipinski definition) is 2. The fourth-order valence-electron chi connectivity index (χ4n) is 3.46. The summed E-state index contributed by atoms with van der Waals surface area (Å²) in [4.78, 5) is 13.8. The lowest BCUT2D eigenvalue weighted by atomic mass is 9.64. The van der Waals surface area contributed by atoms with Crippen LogP contribution < -0.4 is 5.32 Å². The number of carbonyl (C=O) groups excluding carboxylic acids is 1. The third-order valence-electron chi connectivity index (χ3n) is 4.42. The molecule has 0 spiro atoms. The molecule has 0 radical (unpaired) electrons. The van der Waals surface area contributed by atoms with E-state index in [0.717, 1.165) is 13.0 Å². The van der Waals surface area contributed by atoms with Crippen LogP contribution in [0.3, 0.4) is 0 Å². The van der Waals surface area contributed by atoms with E-state index in [0.29, 0.717) is 5.92 Å². The minimum absolute atomic E-state index is 0.144. The molecule has 0 unspecified atom stereocenters. The van der Waals surface area contributed by atoms with Crippen molar-refractivity contribution in [3.63, 3.8) is 0 Å². The third-order valence-corrected chi connectivity index (χ3v) is 5.36. The fraction of sp³-hybridized carbons (Fsp3) is 0.688. The monoisotopic (exact) mass is 279 g/mol. The lowest BCUT2D eigenvalue weighted by Gasteiger charge is -2.41. The fourth-order valence-corrected chi connectivity index (χ4v) is 4.17. The van der Waals surface area contributed by atoms with Crippen LogP contribution in [0.15, 0.2) is 17.5 Å². The number of thiophene rings is 1. The molecule has 2 atom stereocenters. The van der Waals surface area contributed by atoms with Crippen molar-refractivity contribution in [1.82, 2.24) is 5.32 Å². The summed E-state index contributed by atoms with van der Waals surface area (Å²) in [7, 11) is 0. The van der Waals surface area contributed by atoms with Crippen molar-refractivity contribution in [1.29, 1.82) is 0 Å². The highest BCUT2D eigenvalue weighted by molar-refractivity contribution is 7.09. The maximum Gasteiger partial charge on any atom is 0.223 e. The van der Waals surface area contributed by atoms with E-state index >= 15 is 0 Å². The van der Waals surface area contributed by atoms with Crippen LogP contribution in [-0.4, -0.2) is 12.5 Å². The van der Waals surface area contributed by atoms with Gasteiger partial charge in [0.05, 0.1) is 0 Å². The Bertz CT molecular complexity index is 410. The maximum atomic E-state index is 12.4. The Hall–Kier alpha value is -0.830. The summed E-state index contributed by atoms with van der Waals surface area (Å²) in [6, 6.07) is 4.19. The Kier molecular flexibility index (Phi) is 4.67. The Balaban J connectivity index is 1.87. The number of nitrogens with one attached hydrogen (secondary N) is 1. The molecule has 1 aromatic rings. The van der Waals surface area contributed by atoms with Crippen LogP contribution in [0.5, 0.6) is 0 Å². The van der Waals surface area contributed by atoms with Gasteiger partial charge < -0.3 is 5.32 Å². The molecule has 0 bridgehead atoms. The van der Waals surface area contributed by atoms with Crippen LogP contribution in [0.25, 0.3) is 0 Å². The molecule has 2 rings (SSSR count). The zero-order valence-electron chi connectivity index (χ0n) is 12.2. The first-order valence-electron chi connectivity index (χ1n) is 7.31. The van der Waals surface area contributed by atoms with Crippen LogP contribution in [0.2, 0.25) is 0 Å². The standard InChI is InChI=1S/C16H25NOS/c1-12-6-4-9-16(2,3)14(12)15(18)17-10-8-13-7-5-11-19-13/h5,7,11-12,14H,4,6,8-10H2,1-3H3,(H,17,18)/t12-,14-/m0/s1. The Labute approximate surface area is 120 Å². The van der Waals surface area contributed by atoms with Crippen molar-refractivity contribution >= 4 is 17.2 Å². The van der Waals surface area contributed by atoms with Gasteiger partial charge in [-0.2, -0.15) is 0 Å². The van der Waals surface area contributed by atoms with Gasteiger partial charge in [0.25, 0.3) is 0 Å². The number of rotatable bonds is 4. The largest absolute Gasteiger partial charge is 0.355 e. The van der Waals surface area contributed by atoms with Crippen molar-refractivity contribution in [2.24, 2.45) is 17.3 Å².